The lowest BCUT2D eigenvalue weighted by molar-refractivity contribution is -0.131. The fourth-order valence-corrected chi connectivity index (χ4v) is 3.85. The molecular weight excluding hydrogens is 368 g/mol. The number of nitrogens with one attached hydrogen (secondary N) is 1. The molecule has 1 heterocycles. The van der Waals surface area contributed by atoms with E-state index in [1.54, 1.807) is 23.5 Å². The molecule has 4 rings (SSSR count). The van der Waals surface area contributed by atoms with E-state index in [4.69, 9.17) is 0 Å². The van der Waals surface area contributed by atoms with Gasteiger partial charge in [0.2, 0.25) is 5.91 Å². The SMILES string of the molecule is O=C(NCC(=O)N(Cc1ccsc1)C1CC1)c1ccc(-c2ccccc2)cc1. The van der Waals surface area contributed by atoms with Crippen LogP contribution in [0.15, 0.2) is 71.4 Å². The summed E-state index contributed by atoms with van der Waals surface area (Å²) in [6, 6.07) is 19.8. The molecule has 3 aromatic rings. The number of nitrogens with zero attached hydrogens (tertiary/aromatic N) is 1. The van der Waals surface area contributed by atoms with Gasteiger partial charge in [0.05, 0.1) is 6.54 Å². The summed E-state index contributed by atoms with van der Waals surface area (Å²) in [6.45, 7) is 0.647. The molecule has 2 amide bonds. The maximum Gasteiger partial charge on any atom is 0.251 e. The van der Waals surface area contributed by atoms with E-state index in [0.29, 0.717) is 18.2 Å². The number of benzene rings is 2. The van der Waals surface area contributed by atoms with Gasteiger partial charge in [-0.15, -0.1) is 0 Å². The molecule has 1 aromatic heterocycles. The van der Waals surface area contributed by atoms with Crippen molar-refractivity contribution in [1.82, 2.24) is 10.2 Å². The van der Waals surface area contributed by atoms with Crippen molar-refractivity contribution >= 4 is 23.2 Å². The molecule has 1 N–H and O–H groups in total. The second-order valence-electron chi connectivity index (χ2n) is 7.01. The molecule has 5 heteroatoms. The summed E-state index contributed by atoms with van der Waals surface area (Å²) in [6.07, 6.45) is 2.09. The maximum atomic E-state index is 12.6. The summed E-state index contributed by atoms with van der Waals surface area (Å²) in [5.41, 5.74) is 3.87. The van der Waals surface area contributed by atoms with Crippen LogP contribution in [0.3, 0.4) is 0 Å². The molecule has 0 saturated heterocycles. The number of carbonyl (C=O) groups is 2. The number of carbonyl (C=O) groups excluding carboxylic acids is 2. The number of rotatable bonds is 7. The van der Waals surface area contributed by atoms with Gasteiger partial charge < -0.3 is 10.2 Å². The summed E-state index contributed by atoms with van der Waals surface area (Å²) < 4.78 is 0. The van der Waals surface area contributed by atoms with E-state index >= 15 is 0 Å². The molecule has 0 spiro atoms. The molecule has 1 saturated carbocycles. The van der Waals surface area contributed by atoms with Crippen molar-refractivity contribution in [3.63, 3.8) is 0 Å². The van der Waals surface area contributed by atoms with Gasteiger partial charge in [0.1, 0.15) is 0 Å². The third kappa shape index (κ3) is 4.49. The van der Waals surface area contributed by atoms with Gasteiger partial charge in [-0.1, -0.05) is 42.5 Å². The Morgan fingerprint density at radius 2 is 1.68 bits per heavy atom. The highest BCUT2D eigenvalue weighted by Crippen LogP contribution is 2.28. The Morgan fingerprint density at radius 3 is 2.32 bits per heavy atom. The Hall–Kier alpha value is -2.92. The van der Waals surface area contributed by atoms with Crippen molar-refractivity contribution in [2.24, 2.45) is 0 Å². The minimum absolute atomic E-state index is 0.0250. The van der Waals surface area contributed by atoms with Gasteiger partial charge in [0, 0.05) is 18.2 Å². The molecule has 1 aliphatic rings. The first kappa shape index (κ1) is 18.4. The van der Waals surface area contributed by atoms with Gasteiger partial charge in [0.15, 0.2) is 0 Å². The Kier molecular flexibility index (Phi) is 5.53. The van der Waals surface area contributed by atoms with Gasteiger partial charge in [0.25, 0.3) is 5.91 Å². The molecule has 0 atom stereocenters. The van der Waals surface area contributed by atoms with Crippen LogP contribution in [-0.4, -0.2) is 29.3 Å². The third-order valence-electron chi connectivity index (χ3n) is 4.90. The second kappa shape index (κ2) is 8.40. The lowest BCUT2D eigenvalue weighted by Crippen LogP contribution is -2.41. The van der Waals surface area contributed by atoms with Crippen LogP contribution < -0.4 is 5.32 Å². The molecular formula is C23H22N2O2S. The summed E-state index contributed by atoms with van der Waals surface area (Å²) in [4.78, 5) is 27.0. The molecule has 4 nitrogen and oxygen atoms in total. The van der Waals surface area contributed by atoms with Crippen LogP contribution in [0.25, 0.3) is 11.1 Å². The average Bonchev–Trinajstić information content (AvgIpc) is 3.46. The van der Waals surface area contributed by atoms with Gasteiger partial charge in [-0.2, -0.15) is 11.3 Å². The molecule has 142 valence electrons. The molecule has 0 unspecified atom stereocenters. The summed E-state index contributed by atoms with van der Waals surface area (Å²) in [7, 11) is 0. The van der Waals surface area contributed by atoms with E-state index in [0.717, 1.165) is 29.5 Å². The van der Waals surface area contributed by atoms with E-state index < -0.39 is 0 Å². The zero-order chi connectivity index (χ0) is 19.3. The van der Waals surface area contributed by atoms with Crippen LogP contribution in [0.4, 0.5) is 0 Å². The zero-order valence-electron chi connectivity index (χ0n) is 15.5. The Morgan fingerprint density at radius 1 is 0.964 bits per heavy atom. The minimum Gasteiger partial charge on any atom is -0.343 e. The monoisotopic (exact) mass is 390 g/mol. The number of hydrogen-bond acceptors (Lipinski definition) is 3. The number of amides is 2. The standard InChI is InChI=1S/C23H22N2O2S/c26-22(25(21-10-11-21)15-17-12-13-28-16-17)14-24-23(27)20-8-6-19(7-9-20)18-4-2-1-3-5-18/h1-9,12-13,16,21H,10-11,14-15H2,(H,24,27). The fraction of sp³-hybridized carbons (Fsp3) is 0.217. The topological polar surface area (TPSA) is 49.4 Å². The quantitative estimate of drug-likeness (QED) is 0.653. The normalized spacial score (nSPS) is 13.1. The molecule has 2 aromatic carbocycles. The Labute approximate surface area is 168 Å². The van der Waals surface area contributed by atoms with Gasteiger partial charge >= 0.3 is 0 Å². The lowest BCUT2D eigenvalue weighted by atomic mass is 10.0. The first-order chi connectivity index (χ1) is 13.7. The smallest absolute Gasteiger partial charge is 0.251 e. The van der Waals surface area contributed by atoms with Crippen LogP contribution in [-0.2, 0) is 11.3 Å². The Balaban J connectivity index is 1.35. The number of thiophene rings is 1. The molecule has 0 aliphatic heterocycles. The highest BCUT2D eigenvalue weighted by Gasteiger charge is 2.32. The van der Waals surface area contributed by atoms with Gasteiger partial charge in [-0.05, 0) is 58.5 Å². The summed E-state index contributed by atoms with van der Waals surface area (Å²) in [5.74, 6) is -0.248. The van der Waals surface area contributed by atoms with Crippen molar-refractivity contribution in [2.75, 3.05) is 6.54 Å². The maximum absolute atomic E-state index is 12.6. The Bertz CT molecular complexity index is 933. The van der Waals surface area contributed by atoms with E-state index in [1.807, 2.05) is 58.8 Å². The first-order valence-corrected chi connectivity index (χ1v) is 10.4. The number of hydrogen-bond donors (Lipinski definition) is 1. The van der Waals surface area contributed by atoms with Crippen LogP contribution in [0, 0.1) is 0 Å². The van der Waals surface area contributed by atoms with E-state index in [9.17, 15) is 9.59 Å². The van der Waals surface area contributed by atoms with Gasteiger partial charge in [-0.3, -0.25) is 9.59 Å². The van der Waals surface area contributed by atoms with E-state index in [2.05, 4.69) is 10.7 Å². The second-order valence-corrected chi connectivity index (χ2v) is 7.79. The van der Waals surface area contributed by atoms with Crippen molar-refractivity contribution in [2.45, 2.75) is 25.4 Å². The predicted octanol–water partition coefficient (Wildman–Crippen LogP) is 4.34. The van der Waals surface area contributed by atoms with E-state index in [-0.39, 0.29) is 18.4 Å². The highest BCUT2D eigenvalue weighted by molar-refractivity contribution is 7.07. The molecule has 1 aliphatic carbocycles. The summed E-state index contributed by atoms with van der Waals surface area (Å²) in [5, 5.41) is 6.86. The predicted molar refractivity (Wildman–Crippen MR) is 112 cm³/mol. The van der Waals surface area contributed by atoms with Crippen LogP contribution in [0.2, 0.25) is 0 Å². The van der Waals surface area contributed by atoms with Gasteiger partial charge in [-0.25, -0.2) is 0 Å². The molecule has 0 radical (unpaired) electrons. The van der Waals surface area contributed by atoms with Crippen molar-refractivity contribution in [3.8, 4) is 11.1 Å². The van der Waals surface area contributed by atoms with Crippen molar-refractivity contribution in [3.05, 3.63) is 82.6 Å². The lowest BCUT2D eigenvalue weighted by Gasteiger charge is -2.22. The zero-order valence-corrected chi connectivity index (χ0v) is 16.3. The van der Waals surface area contributed by atoms with Crippen molar-refractivity contribution < 1.29 is 9.59 Å². The largest absolute Gasteiger partial charge is 0.343 e. The highest BCUT2D eigenvalue weighted by atomic mass is 32.1. The van der Waals surface area contributed by atoms with E-state index in [1.165, 1.54) is 0 Å². The first-order valence-electron chi connectivity index (χ1n) is 9.45. The van der Waals surface area contributed by atoms with Crippen LogP contribution in [0.5, 0.6) is 0 Å². The molecule has 0 bridgehead atoms. The molecule has 28 heavy (non-hydrogen) atoms. The average molecular weight is 391 g/mol. The molecule has 1 fully saturated rings. The summed E-state index contributed by atoms with van der Waals surface area (Å²) >= 11 is 1.63. The fourth-order valence-electron chi connectivity index (χ4n) is 3.19. The van der Waals surface area contributed by atoms with Crippen LogP contribution >= 0.6 is 11.3 Å². The van der Waals surface area contributed by atoms with Crippen molar-refractivity contribution in [1.29, 1.82) is 0 Å². The van der Waals surface area contributed by atoms with Crippen LogP contribution in [0.1, 0.15) is 28.8 Å². The third-order valence-corrected chi connectivity index (χ3v) is 5.63. The minimum atomic E-state index is -0.223.